The van der Waals surface area contributed by atoms with Crippen LogP contribution >= 0.6 is 12.4 Å². The van der Waals surface area contributed by atoms with E-state index in [0.717, 1.165) is 38.6 Å². The summed E-state index contributed by atoms with van der Waals surface area (Å²) in [6, 6.07) is 7.98. The van der Waals surface area contributed by atoms with Gasteiger partial charge in [-0.3, -0.25) is 4.79 Å². The first-order valence-corrected chi connectivity index (χ1v) is 7.52. The first-order chi connectivity index (χ1) is 9.74. The van der Waals surface area contributed by atoms with Gasteiger partial charge in [-0.2, -0.15) is 0 Å². The molecule has 1 aromatic rings. The van der Waals surface area contributed by atoms with Gasteiger partial charge in [-0.15, -0.1) is 12.4 Å². The Morgan fingerprint density at radius 2 is 1.90 bits per heavy atom. The van der Waals surface area contributed by atoms with Crippen molar-refractivity contribution in [3.63, 3.8) is 0 Å². The Balaban J connectivity index is 0.00000161. The highest BCUT2D eigenvalue weighted by Crippen LogP contribution is 2.20. The molecule has 3 atom stereocenters. The number of carbonyl (C=O) groups is 1. The molecule has 116 valence electrons. The average molecular weight is 311 g/mol. The lowest BCUT2D eigenvalue weighted by atomic mass is 9.91. The van der Waals surface area contributed by atoms with Gasteiger partial charge in [0.25, 0.3) is 0 Å². The van der Waals surface area contributed by atoms with Gasteiger partial charge in [-0.25, -0.2) is 0 Å². The van der Waals surface area contributed by atoms with E-state index in [1.54, 1.807) is 0 Å². The van der Waals surface area contributed by atoms with Gasteiger partial charge in [0.05, 0.1) is 18.2 Å². The molecule has 1 amide bonds. The van der Waals surface area contributed by atoms with E-state index in [0.29, 0.717) is 0 Å². The molecule has 1 heterocycles. The summed E-state index contributed by atoms with van der Waals surface area (Å²) < 4.78 is 0. The molecule has 21 heavy (non-hydrogen) atoms. The molecule has 0 spiro atoms. The molecule has 4 nitrogen and oxygen atoms in total. The molecule has 0 saturated heterocycles. The summed E-state index contributed by atoms with van der Waals surface area (Å²) in [7, 11) is 0. The third kappa shape index (κ3) is 3.76. The van der Waals surface area contributed by atoms with E-state index in [-0.39, 0.29) is 36.5 Å². The summed E-state index contributed by atoms with van der Waals surface area (Å²) in [5.74, 6) is 0.0189. The zero-order valence-electron chi connectivity index (χ0n) is 12.0. The second-order valence-electron chi connectivity index (χ2n) is 5.87. The average Bonchev–Trinajstić information content (AvgIpc) is 2.49. The number of hydrogen-bond donors (Lipinski definition) is 3. The molecule has 3 rings (SSSR count). The van der Waals surface area contributed by atoms with E-state index in [2.05, 4.69) is 22.8 Å². The van der Waals surface area contributed by atoms with Gasteiger partial charge in [0.1, 0.15) is 0 Å². The van der Waals surface area contributed by atoms with Gasteiger partial charge in [0.15, 0.2) is 0 Å². The van der Waals surface area contributed by atoms with Gasteiger partial charge < -0.3 is 15.7 Å². The van der Waals surface area contributed by atoms with Crippen molar-refractivity contribution < 1.29 is 9.90 Å². The largest absolute Gasteiger partial charge is 0.391 e. The molecule has 0 bridgehead atoms. The maximum absolute atomic E-state index is 12.3. The van der Waals surface area contributed by atoms with Crippen LogP contribution in [0.5, 0.6) is 0 Å². The highest BCUT2D eigenvalue weighted by molar-refractivity contribution is 5.85. The minimum Gasteiger partial charge on any atom is -0.391 e. The number of aliphatic hydroxyl groups excluding tert-OH is 1. The van der Waals surface area contributed by atoms with Crippen molar-refractivity contribution in [2.24, 2.45) is 0 Å². The summed E-state index contributed by atoms with van der Waals surface area (Å²) in [6.45, 7) is 0.738. The monoisotopic (exact) mass is 310 g/mol. The normalized spacial score (nSPS) is 28.1. The van der Waals surface area contributed by atoms with Crippen molar-refractivity contribution in [1.29, 1.82) is 0 Å². The molecule has 1 unspecified atom stereocenters. The fourth-order valence-electron chi connectivity index (χ4n) is 3.20. The minimum absolute atomic E-state index is 0. The Morgan fingerprint density at radius 3 is 2.67 bits per heavy atom. The molecule has 5 heteroatoms. The Hall–Kier alpha value is -1.10. The lowest BCUT2D eigenvalue weighted by molar-refractivity contribution is -0.125. The van der Waals surface area contributed by atoms with Crippen LogP contribution in [0.2, 0.25) is 0 Å². The maximum Gasteiger partial charge on any atom is 0.237 e. The van der Waals surface area contributed by atoms with E-state index in [9.17, 15) is 9.90 Å². The minimum atomic E-state index is -0.386. The van der Waals surface area contributed by atoms with Crippen LogP contribution in [0.3, 0.4) is 0 Å². The molecule has 1 fully saturated rings. The van der Waals surface area contributed by atoms with Crippen LogP contribution in [0, 0.1) is 0 Å². The SMILES string of the molecule is Cl.O=C(N[C@H]1CCCC[C@@H]1O)C1Cc2ccccc2CN1. The van der Waals surface area contributed by atoms with Crippen LogP contribution in [-0.2, 0) is 17.8 Å². The molecule has 3 N–H and O–H groups in total. The summed E-state index contributed by atoms with van der Waals surface area (Å²) in [5, 5.41) is 16.2. The fraction of sp³-hybridized carbons (Fsp3) is 0.562. The Bertz CT molecular complexity index is 495. The Labute approximate surface area is 131 Å². The van der Waals surface area contributed by atoms with E-state index in [1.807, 2.05) is 12.1 Å². The van der Waals surface area contributed by atoms with E-state index in [1.165, 1.54) is 11.1 Å². The predicted molar refractivity (Wildman–Crippen MR) is 84.4 cm³/mol. The van der Waals surface area contributed by atoms with Gasteiger partial charge >= 0.3 is 0 Å². The van der Waals surface area contributed by atoms with Crippen molar-refractivity contribution in [1.82, 2.24) is 10.6 Å². The number of amides is 1. The quantitative estimate of drug-likeness (QED) is 0.776. The van der Waals surface area contributed by atoms with Crippen LogP contribution in [0.4, 0.5) is 0 Å². The van der Waals surface area contributed by atoms with Gasteiger partial charge in [0, 0.05) is 6.54 Å². The van der Waals surface area contributed by atoms with Crippen LogP contribution < -0.4 is 10.6 Å². The number of aliphatic hydroxyl groups is 1. The molecule has 2 aliphatic rings. The smallest absolute Gasteiger partial charge is 0.237 e. The van der Waals surface area contributed by atoms with Gasteiger partial charge in [0.2, 0.25) is 5.91 Å². The Kier molecular flexibility index (Phi) is 5.62. The number of nitrogens with one attached hydrogen (secondary N) is 2. The molecule has 1 aliphatic heterocycles. The molecular weight excluding hydrogens is 288 g/mol. The fourth-order valence-corrected chi connectivity index (χ4v) is 3.20. The third-order valence-corrected chi connectivity index (χ3v) is 4.45. The van der Waals surface area contributed by atoms with Crippen molar-refractivity contribution in [2.45, 2.75) is 56.8 Å². The summed E-state index contributed by atoms with van der Waals surface area (Å²) in [4.78, 5) is 12.3. The third-order valence-electron chi connectivity index (χ3n) is 4.45. The topological polar surface area (TPSA) is 61.4 Å². The molecular formula is C16H23ClN2O2. The van der Waals surface area contributed by atoms with Gasteiger partial charge in [-0.1, -0.05) is 37.1 Å². The second kappa shape index (κ2) is 7.25. The highest BCUT2D eigenvalue weighted by Gasteiger charge is 2.29. The van der Waals surface area contributed by atoms with Crippen molar-refractivity contribution in [3.05, 3.63) is 35.4 Å². The number of halogens is 1. The molecule has 1 aromatic carbocycles. The van der Waals surface area contributed by atoms with Crippen molar-refractivity contribution in [2.75, 3.05) is 0 Å². The van der Waals surface area contributed by atoms with Crippen LogP contribution in [-0.4, -0.2) is 29.2 Å². The molecule has 0 radical (unpaired) electrons. The number of fused-ring (bicyclic) bond motifs is 1. The first kappa shape index (κ1) is 16.3. The van der Waals surface area contributed by atoms with E-state index in [4.69, 9.17) is 0 Å². The zero-order valence-corrected chi connectivity index (χ0v) is 12.9. The van der Waals surface area contributed by atoms with Gasteiger partial charge in [-0.05, 0) is 30.4 Å². The first-order valence-electron chi connectivity index (χ1n) is 7.52. The lowest BCUT2D eigenvalue weighted by Gasteiger charge is -2.31. The van der Waals surface area contributed by atoms with Crippen LogP contribution in [0.1, 0.15) is 36.8 Å². The van der Waals surface area contributed by atoms with Crippen molar-refractivity contribution in [3.8, 4) is 0 Å². The highest BCUT2D eigenvalue weighted by atomic mass is 35.5. The zero-order chi connectivity index (χ0) is 13.9. The van der Waals surface area contributed by atoms with E-state index >= 15 is 0 Å². The second-order valence-corrected chi connectivity index (χ2v) is 5.87. The predicted octanol–water partition coefficient (Wildman–Crippen LogP) is 1.54. The summed E-state index contributed by atoms with van der Waals surface area (Å²) in [6.07, 6.45) is 4.17. The number of hydrogen-bond acceptors (Lipinski definition) is 3. The van der Waals surface area contributed by atoms with E-state index < -0.39 is 0 Å². The number of benzene rings is 1. The van der Waals surface area contributed by atoms with Crippen molar-refractivity contribution >= 4 is 18.3 Å². The Morgan fingerprint density at radius 1 is 1.19 bits per heavy atom. The van der Waals surface area contributed by atoms with Crippen LogP contribution in [0.15, 0.2) is 24.3 Å². The summed E-state index contributed by atoms with van der Waals surface area (Å²) in [5.41, 5.74) is 2.52. The maximum atomic E-state index is 12.3. The molecule has 1 saturated carbocycles. The lowest BCUT2D eigenvalue weighted by Crippen LogP contribution is -2.53. The number of rotatable bonds is 2. The molecule has 0 aromatic heterocycles. The molecule has 1 aliphatic carbocycles. The van der Waals surface area contributed by atoms with Crippen LogP contribution in [0.25, 0.3) is 0 Å². The summed E-state index contributed by atoms with van der Waals surface area (Å²) >= 11 is 0. The number of carbonyl (C=O) groups excluding carboxylic acids is 1. The standard InChI is InChI=1S/C16H22N2O2.ClH/c19-15-8-4-3-7-13(15)18-16(20)14-9-11-5-1-2-6-12(11)10-17-14;/h1-2,5-6,13-15,17,19H,3-4,7-10H2,(H,18,20);1H/t13-,14?,15-;/m0./s1.